The molecule has 1 rings (SSSR count). The molecule has 106 valence electrons. The number of thioether (sulfide) groups is 1. The summed E-state index contributed by atoms with van der Waals surface area (Å²) in [5, 5.41) is 8.76. The van der Waals surface area contributed by atoms with Crippen LogP contribution in [-0.2, 0) is 22.6 Å². The average Bonchev–Trinajstić information content (AvgIpc) is 2.34. The molecule has 1 N–H and O–H groups in total. The Hall–Kier alpha value is -1.00. The lowest BCUT2D eigenvalue weighted by molar-refractivity contribution is -0.136. The Morgan fingerprint density at radius 1 is 1.37 bits per heavy atom. The summed E-state index contributed by atoms with van der Waals surface area (Å²) in [4.78, 5) is 10.7. The van der Waals surface area contributed by atoms with Crippen molar-refractivity contribution in [1.82, 2.24) is 0 Å². The van der Waals surface area contributed by atoms with Gasteiger partial charge in [0.25, 0.3) is 0 Å². The summed E-state index contributed by atoms with van der Waals surface area (Å²) in [5.41, 5.74) is 1.85. The van der Waals surface area contributed by atoms with E-state index in [0.717, 1.165) is 24.2 Å². The van der Waals surface area contributed by atoms with Crippen molar-refractivity contribution in [3.8, 4) is 0 Å². The van der Waals surface area contributed by atoms with E-state index in [9.17, 15) is 4.79 Å². The highest BCUT2D eigenvalue weighted by molar-refractivity contribution is 7.99. The van der Waals surface area contributed by atoms with E-state index in [4.69, 9.17) is 9.84 Å². The van der Waals surface area contributed by atoms with Crippen molar-refractivity contribution >= 4 is 17.7 Å². The molecule has 0 amide bonds. The van der Waals surface area contributed by atoms with E-state index in [1.807, 2.05) is 36.0 Å². The standard InChI is InChI=1S/C15H22O3S/c1-15(2,19-3)7-8-18-11-13-6-4-5-12(9-13)10-14(16)17/h4-6,9H,7-8,10-11H2,1-3H3,(H,16,17). The topological polar surface area (TPSA) is 46.5 Å². The minimum Gasteiger partial charge on any atom is -0.481 e. The predicted molar refractivity (Wildman–Crippen MR) is 79.6 cm³/mol. The van der Waals surface area contributed by atoms with Crippen molar-refractivity contribution in [3.05, 3.63) is 35.4 Å². The minimum absolute atomic E-state index is 0.0628. The molecule has 0 fully saturated rings. The molecular formula is C15H22O3S. The Bertz CT molecular complexity index is 416. The second kappa shape index (κ2) is 7.56. The smallest absolute Gasteiger partial charge is 0.307 e. The van der Waals surface area contributed by atoms with Crippen LogP contribution in [0.25, 0.3) is 0 Å². The molecule has 4 heteroatoms. The van der Waals surface area contributed by atoms with Gasteiger partial charge in [0.2, 0.25) is 0 Å². The molecule has 19 heavy (non-hydrogen) atoms. The summed E-state index contributed by atoms with van der Waals surface area (Å²) < 4.78 is 5.90. The zero-order valence-electron chi connectivity index (χ0n) is 11.8. The van der Waals surface area contributed by atoms with Gasteiger partial charge in [-0.3, -0.25) is 4.79 Å². The third kappa shape index (κ3) is 6.64. The first-order valence-corrected chi connectivity index (χ1v) is 7.58. The van der Waals surface area contributed by atoms with Crippen LogP contribution < -0.4 is 0 Å². The third-order valence-corrected chi connectivity index (χ3v) is 4.33. The molecule has 0 saturated carbocycles. The first kappa shape index (κ1) is 16.1. The van der Waals surface area contributed by atoms with E-state index < -0.39 is 5.97 Å². The molecule has 0 aliphatic rings. The summed E-state index contributed by atoms with van der Waals surface area (Å²) >= 11 is 1.84. The normalized spacial score (nSPS) is 11.5. The van der Waals surface area contributed by atoms with E-state index in [2.05, 4.69) is 20.1 Å². The first-order chi connectivity index (χ1) is 8.93. The summed E-state index contributed by atoms with van der Waals surface area (Å²) in [5.74, 6) is -0.806. The van der Waals surface area contributed by atoms with E-state index in [0.29, 0.717) is 6.61 Å². The van der Waals surface area contributed by atoms with Crippen LogP contribution in [0.3, 0.4) is 0 Å². The van der Waals surface area contributed by atoms with Gasteiger partial charge in [-0.1, -0.05) is 38.1 Å². The van der Waals surface area contributed by atoms with E-state index in [1.54, 1.807) is 0 Å². The highest BCUT2D eigenvalue weighted by Gasteiger charge is 2.15. The lowest BCUT2D eigenvalue weighted by Crippen LogP contribution is -2.16. The highest BCUT2D eigenvalue weighted by atomic mass is 32.2. The van der Waals surface area contributed by atoms with Gasteiger partial charge in [0.15, 0.2) is 0 Å². The van der Waals surface area contributed by atoms with Crippen LogP contribution >= 0.6 is 11.8 Å². The van der Waals surface area contributed by atoms with Gasteiger partial charge in [0.1, 0.15) is 0 Å². The molecule has 1 aromatic rings. The number of ether oxygens (including phenoxy) is 1. The number of benzene rings is 1. The number of aliphatic carboxylic acids is 1. The third-order valence-electron chi connectivity index (χ3n) is 3.02. The average molecular weight is 282 g/mol. The Labute approximate surface area is 119 Å². The number of carbonyl (C=O) groups is 1. The van der Waals surface area contributed by atoms with Crippen LogP contribution in [0.1, 0.15) is 31.4 Å². The SMILES string of the molecule is CSC(C)(C)CCOCc1cccc(CC(=O)O)c1. The maximum atomic E-state index is 10.7. The largest absolute Gasteiger partial charge is 0.481 e. The van der Waals surface area contributed by atoms with Crippen molar-refractivity contribution in [1.29, 1.82) is 0 Å². The lowest BCUT2D eigenvalue weighted by atomic mass is 10.1. The van der Waals surface area contributed by atoms with Gasteiger partial charge in [0.05, 0.1) is 13.0 Å². The van der Waals surface area contributed by atoms with E-state index in [-0.39, 0.29) is 11.2 Å². The molecule has 0 spiro atoms. The summed E-state index contributed by atoms with van der Waals surface area (Å²) in [6, 6.07) is 7.57. The second-order valence-electron chi connectivity index (χ2n) is 5.16. The van der Waals surface area contributed by atoms with E-state index in [1.165, 1.54) is 0 Å². The minimum atomic E-state index is -0.806. The lowest BCUT2D eigenvalue weighted by Gasteiger charge is -2.21. The zero-order chi connectivity index (χ0) is 14.3. The number of carboxylic acids is 1. The van der Waals surface area contributed by atoms with Gasteiger partial charge < -0.3 is 9.84 Å². The van der Waals surface area contributed by atoms with Gasteiger partial charge in [-0.2, -0.15) is 11.8 Å². The summed E-state index contributed by atoms with van der Waals surface area (Å²) in [6.07, 6.45) is 3.17. The van der Waals surface area contributed by atoms with Crippen LogP contribution in [0.4, 0.5) is 0 Å². The van der Waals surface area contributed by atoms with Crippen molar-refractivity contribution in [3.63, 3.8) is 0 Å². The van der Waals surface area contributed by atoms with Crippen LogP contribution in [0.15, 0.2) is 24.3 Å². The van der Waals surface area contributed by atoms with Crippen LogP contribution in [0.2, 0.25) is 0 Å². The van der Waals surface area contributed by atoms with E-state index >= 15 is 0 Å². The van der Waals surface area contributed by atoms with Gasteiger partial charge >= 0.3 is 5.97 Å². The van der Waals surface area contributed by atoms with Gasteiger partial charge in [-0.05, 0) is 23.8 Å². The fraction of sp³-hybridized carbons (Fsp3) is 0.533. The monoisotopic (exact) mass is 282 g/mol. The van der Waals surface area contributed by atoms with Crippen molar-refractivity contribution in [2.75, 3.05) is 12.9 Å². The predicted octanol–water partition coefficient (Wildman–Crippen LogP) is 3.36. The number of hydrogen-bond acceptors (Lipinski definition) is 3. The fourth-order valence-electron chi connectivity index (χ4n) is 1.61. The fourth-order valence-corrected chi connectivity index (χ4v) is 1.90. The number of hydrogen-bond donors (Lipinski definition) is 1. The molecule has 1 aromatic carbocycles. The van der Waals surface area contributed by atoms with Crippen molar-refractivity contribution < 1.29 is 14.6 Å². The molecule has 0 atom stereocenters. The molecule has 0 radical (unpaired) electrons. The summed E-state index contributed by atoms with van der Waals surface area (Å²) in [6.45, 7) is 5.66. The van der Waals surface area contributed by atoms with Gasteiger partial charge in [-0.25, -0.2) is 0 Å². The molecule has 0 bridgehead atoms. The first-order valence-electron chi connectivity index (χ1n) is 6.35. The maximum Gasteiger partial charge on any atom is 0.307 e. The molecule has 0 aromatic heterocycles. The van der Waals surface area contributed by atoms with Crippen molar-refractivity contribution in [2.24, 2.45) is 0 Å². The number of carboxylic acid groups (broad SMARTS) is 1. The Morgan fingerprint density at radius 3 is 2.68 bits per heavy atom. The molecule has 0 unspecified atom stereocenters. The Kier molecular flexibility index (Phi) is 6.38. The Balaban J connectivity index is 2.39. The quantitative estimate of drug-likeness (QED) is 0.743. The molecule has 3 nitrogen and oxygen atoms in total. The molecule has 0 saturated heterocycles. The number of rotatable bonds is 8. The Morgan fingerprint density at radius 2 is 2.05 bits per heavy atom. The molecule has 0 aliphatic heterocycles. The maximum absolute atomic E-state index is 10.7. The van der Waals surface area contributed by atoms with Gasteiger partial charge in [-0.15, -0.1) is 0 Å². The van der Waals surface area contributed by atoms with Crippen LogP contribution in [0, 0.1) is 0 Å². The van der Waals surface area contributed by atoms with Crippen LogP contribution in [0.5, 0.6) is 0 Å². The highest BCUT2D eigenvalue weighted by Crippen LogP contribution is 2.25. The summed E-state index contributed by atoms with van der Waals surface area (Å²) in [7, 11) is 0. The van der Waals surface area contributed by atoms with Gasteiger partial charge in [0, 0.05) is 11.4 Å². The molecular weight excluding hydrogens is 260 g/mol. The second-order valence-corrected chi connectivity index (χ2v) is 6.67. The van der Waals surface area contributed by atoms with Crippen molar-refractivity contribution in [2.45, 2.75) is 38.0 Å². The molecule has 0 heterocycles. The zero-order valence-corrected chi connectivity index (χ0v) is 12.6. The molecule has 0 aliphatic carbocycles. The van der Waals surface area contributed by atoms with Crippen LogP contribution in [-0.4, -0.2) is 28.7 Å².